The number of fused-ring (bicyclic) bond motifs is 1. The van der Waals surface area contributed by atoms with Gasteiger partial charge in [-0.1, -0.05) is 24.3 Å². The van der Waals surface area contributed by atoms with Crippen molar-refractivity contribution in [3.05, 3.63) is 35.4 Å². The van der Waals surface area contributed by atoms with Crippen molar-refractivity contribution in [1.82, 2.24) is 15.5 Å². The standard InChI is InChI=1S/C16H21N3O2/c1-16(2)15(21)17-7-8-19(16)14(20)13-9-11-5-3-4-6-12(11)10-18-13/h3-6,13,18H,7-10H2,1-2H3,(H,17,21)/t13-/m0/s1. The number of carbonyl (C=O) groups excluding carboxylic acids is 2. The number of carbonyl (C=O) groups is 2. The minimum absolute atomic E-state index is 0.0179. The van der Waals surface area contributed by atoms with Gasteiger partial charge in [0.15, 0.2) is 0 Å². The summed E-state index contributed by atoms with van der Waals surface area (Å²) in [5.41, 5.74) is 1.68. The molecule has 2 aliphatic heterocycles. The molecule has 1 aromatic carbocycles. The summed E-state index contributed by atoms with van der Waals surface area (Å²) in [7, 11) is 0. The van der Waals surface area contributed by atoms with E-state index in [1.807, 2.05) is 12.1 Å². The molecule has 2 aliphatic rings. The van der Waals surface area contributed by atoms with Crippen LogP contribution in [-0.4, -0.2) is 41.4 Å². The largest absolute Gasteiger partial charge is 0.352 e. The maximum Gasteiger partial charge on any atom is 0.245 e. The SMILES string of the molecule is CC1(C)C(=O)NCCN1C(=O)[C@@H]1Cc2ccccc2CN1. The number of amides is 2. The van der Waals surface area contributed by atoms with Gasteiger partial charge in [0, 0.05) is 19.6 Å². The zero-order valence-electron chi connectivity index (χ0n) is 12.5. The van der Waals surface area contributed by atoms with E-state index in [0.29, 0.717) is 26.1 Å². The second-order valence-electron chi connectivity index (χ2n) is 6.21. The first-order valence-corrected chi connectivity index (χ1v) is 7.40. The van der Waals surface area contributed by atoms with Crippen LogP contribution in [0.1, 0.15) is 25.0 Å². The molecule has 21 heavy (non-hydrogen) atoms. The first-order valence-electron chi connectivity index (χ1n) is 7.40. The van der Waals surface area contributed by atoms with Crippen LogP contribution in [0.3, 0.4) is 0 Å². The normalized spacial score (nSPS) is 24.2. The Bertz CT molecular complexity index is 583. The Morgan fingerprint density at radius 2 is 2.00 bits per heavy atom. The van der Waals surface area contributed by atoms with E-state index in [4.69, 9.17) is 0 Å². The maximum absolute atomic E-state index is 12.8. The molecule has 0 unspecified atom stereocenters. The third kappa shape index (κ3) is 2.42. The van der Waals surface area contributed by atoms with Gasteiger partial charge in [0.2, 0.25) is 11.8 Å². The van der Waals surface area contributed by atoms with Crippen molar-refractivity contribution in [3.63, 3.8) is 0 Å². The lowest BCUT2D eigenvalue weighted by atomic mass is 9.92. The molecule has 5 nitrogen and oxygen atoms in total. The van der Waals surface area contributed by atoms with Crippen molar-refractivity contribution in [1.29, 1.82) is 0 Å². The summed E-state index contributed by atoms with van der Waals surface area (Å²) in [4.78, 5) is 26.5. The van der Waals surface area contributed by atoms with Crippen LogP contribution < -0.4 is 10.6 Å². The molecule has 2 amide bonds. The zero-order valence-corrected chi connectivity index (χ0v) is 12.5. The first kappa shape index (κ1) is 14.1. The van der Waals surface area contributed by atoms with Gasteiger partial charge in [0.1, 0.15) is 5.54 Å². The molecule has 2 N–H and O–H groups in total. The molecule has 1 saturated heterocycles. The Kier molecular flexibility index (Phi) is 3.45. The summed E-state index contributed by atoms with van der Waals surface area (Å²) < 4.78 is 0. The van der Waals surface area contributed by atoms with Gasteiger partial charge in [-0.2, -0.15) is 0 Å². The van der Waals surface area contributed by atoms with Crippen molar-refractivity contribution < 1.29 is 9.59 Å². The summed E-state index contributed by atoms with van der Waals surface area (Å²) in [6, 6.07) is 7.93. The van der Waals surface area contributed by atoms with Gasteiger partial charge in [0.25, 0.3) is 0 Å². The molecule has 1 atom stereocenters. The average Bonchev–Trinajstić information content (AvgIpc) is 2.49. The van der Waals surface area contributed by atoms with Crippen molar-refractivity contribution >= 4 is 11.8 Å². The fourth-order valence-electron chi connectivity index (χ4n) is 3.10. The van der Waals surface area contributed by atoms with Crippen LogP contribution in [0.4, 0.5) is 0 Å². The van der Waals surface area contributed by atoms with Crippen molar-refractivity contribution in [2.45, 2.75) is 38.4 Å². The van der Waals surface area contributed by atoms with E-state index in [-0.39, 0.29) is 17.9 Å². The predicted octanol–water partition coefficient (Wildman–Crippen LogP) is 0.438. The predicted molar refractivity (Wildman–Crippen MR) is 79.6 cm³/mol. The molecule has 2 heterocycles. The lowest BCUT2D eigenvalue weighted by molar-refractivity contribution is -0.150. The summed E-state index contributed by atoms with van der Waals surface area (Å²) in [6.45, 7) is 5.40. The molecule has 1 aromatic rings. The molecule has 0 bridgehead atoms. The number of hydrogen-bond donors (Lipinski definition) is 2. The number of nitrogens with one attached hydrogen (secondary N) is 2. The van der Waals surface area contributed by atoms with Crippen LogP contribution in [0.2, 0.25) is 0 Å². The van der Waals surface area contributed by atoms with Crippen LogP contribution in [0.15, 0.2) is 24.3 Å². The van der Waals surface area contributed by atoms with E-state index < -0.39 is 5.54 Å². The Labute approximate surface area is 124 Å². The molecule has 0 radical (unpaired) electrons. The van der Waals surface area contributed by atoms with E-state index in [9.17, 15) is 9.59 Å². The lowest BCUT2D eigenvalue weighted by Gasteiger charge is -2.43. The number of hydrogen-bond acceptors (Lipinski definition) is 3. The Morgan fingerprint density at radius 3 is 2.76 bits per heavy atom. The second-order valence-corrected chi connectivity index (χ2v) is 6.21. The van der Waals surface area contributed by atoms with Crippen LogP contribution in [0.25, 0.3) is 0 Å². The molecule has 5 heteroatoms. The molecule has 0 aromatic heterocycles. The lowest BCUT2D eigenvalue weighted by Crippen LogP contribution is -2.66. The Balaban J connectivity index is 1.79. The number of benzene rings is 1. The molecular formula is C16H21N3O2. The van der Waals surface area contributed by atoms with E-state index >= 15 is 0 Å². The monoisotopic (exact) mass is 287 g/mol. The van der Waals surface area contributed by atoms with E-state index in [1.165, 1.54) is 11.1 Å². The molecule has 112 valence electrons. The highest BCUT2D eigenvalue weighted by molar-refractivity contribution is 5.93. The quantitative estimate of drug-likeness (QED) is 0.788. The van der Waals surface area contributed by atoms with Crippen molar-refractivity contribution in [2.24, 2.45) is 0 Å². The van der Waals surface area contributed by atoms with Gasteiger partial charge in [-0.25, -0.2) is 0 Å². The second kappa shape index (κ2) is 5.15. The minimum Gasteiger partial charge on any atom is -0.352 e. The third-order valence-electron chi connectivity index (χ3n) is 4.50. The van der Waals surface area contributed by atoms with E-state index in [1.54, 1.807) is 18.7 Å². The highest BCUT2D eigenvalue weighted by Gasteiger charge is 2.42. The number of nitrogens with zero attached hydrogens (tertiary/aromatic N) is 1. The Morgan fingerprint density at radius 1 is 1.29 bits per heavy atom. The molecule has 0 aliphatic carbocycles. The minimum atomic E-state index is -0.784. The van der Waals surface area contributed by atoms with Gasteiger partial charge in [0.05, 0.1) is 6.04 Å². The van der Waals surface area contributed by atoms with Crippen molar-refractivity contribution in [3.8, 4) is 0 Å². The van der Waals surface area contributed by atoms with E-state index in [0.717, 1.165) is 0 Å². The van der Waals surface area contributed by atoms with Crippen LogP contribution in [0, 0.1) is 0 Å². The molecule has 3 rings (SSSR count). The maximum atomic E-state index is 12.8. The molecule has 0 spiro atoms. The average molecular weight is 287 g/mol. The topological polar surface area (TPSA) is 61.4 Å². The highest BCUT2D eigenvalue weighted by Crippen LogP contribution is 2.22. The fourth-order valence-corrected chi connectivity index (χ4v) is 3.10. The molecule has 0 saturated carbocycles. The van der Waals surface area contributed by atoms with Gasteiger partial charge < -0.3 is 15.5 Å². The van der Waals surface area contributed by atoms with Gasteiger partial charge in [-0.05, 0) is 31.4 Å². The first-order chi connectivity index (χ1) is 10.00. The zero-order chi connectivity index (χ0) is 15.0. The van der Waals surface area contributed by atoms with Crippen molar-refractivity contribution in [2.75, 3.05) is 13.1 Å². The summed E-state index contributed by atoms with van der Waals surface area (Å²) >= 11 is 0. The fraction of sp³-hybridized carbons (Fsp3) is 0.500. The van der Waals surface area contributed by atoms with Gasteiger partial charge >= 0.3 is 0 Å². The van der Waals surface area contributed by atoms with Crippen LogP contribution in [0.5, 0.6) is 0 Å². The number of piperazine rings is 1. The molecular weight excluding hydrogens is 266 g/mol. The summed E-state index contributed by atoms with van der Waals surface area (Å²) in [5.74, 6) is -0.0670. The third-order valence-corrected chi connectivity index (χ3v) is 4.50. The van der Waals surface area contributed by atoms with Crippen LogP contribution >= 0.6 is 0 Å². The summed E-state index contributed by atoms with van der Waals surface area (Å²) in [5, 5.41) is 6.12. The highest BCUT2D eigenvalue weighted by atomic mass is 16.2. The van der Waals surface area contributed by atoms with Crippen LogP contribution in [-0.2, 0) is 22.6 Å². The number of rotatable bonds is 1. The smallest absolute Gasteiger partial charge is 0.245 e. The molecule has 1 fully saturated rings. The summed E-state index contributed by atoms with van der Waals surface area (Å²) in [6.07, 6.45) is 0.684. The Hall–Kier alpha value is -1.88. The van der Waals surface area contributed by atoms with E-state index in [2.05, 4.69) is 22.8 Å². The van der Waals surface area contributed by atoms with Gasteiger partial charge in [-0.15, -0.1) is 0 Å². The van der Waals surface area contributed by atoms with Gasteiger partial charge in [-0.3, -0.25) is 9.59 Å².